The molecule has 0 radical (unpaired) electrons. The maximum Gasteiger partial charge on any atom is 0.335 e. The molecule has 5 atom stereocenters. The second-order valence-electron chi connectivity index (χ2n) is 9.83. The van der Waals surface area contributed by atoms with Gasteiger partial charge in [-0.3, -0.25) is 9.59 Å². The quantitative estimate of drug-likeness (QED) is 0.215. The van der Waals surface area contributed by atoms with Crippen LogP contribution in [0.25, 0.3) is 0 Å². The summed E-state index contributed by atoms with van der Waals surface area (Å²) in [5.74, 6) is -1.42. The van der Waals surface area contributed by atoms with E-state index in [1.165, 1.54) is 13.8 Å². The van der Waals surface area contributed by atoms with E-state index in [-0.39, 0.29) is 30.3 Å². The number of carbonyl (C=O) groups excluding carboxylic acids is 2. The molecule has 216 valence electrons. The highest BCUT2D eigenvalue weighted by Gasteiger charge is 2.38. The van der Waals surface area contributed by atoms with Gasteiger partial charge in [-0.25, -0.2) is 4.79 Å². The second-order valence-corrected chi connectivity index (χ2v) is 10.9. The topological polar surface area (TPSA) is 131 Å². The summed E-state index contributed by atoms with van der Waals surface area (Å²) >= 11 is 1.57. The number of carbonyl (C=O) groups is 3. The lowest BCUT2D eigenvalue weighted by Gasteiger charge is -2.41. The third-order valence-electron chi connectivity index (χ3n) is 6.78. The molecule has 3 aromatic rings. The molecule has 1 heterocycles. The van der Waals surface area contributed by atoms with Gasteiger partial charge in [-0.2, -0.15) is 0 Å². The summed E-state index contributed by atoms with van der Waals surface area (Å²) in [7, 11) is 0. The molecule has 41 heavy (non-hydrogen) atoms. The van der Waals surface area contributed by atoms with E-state index in [1.807, 2.05) is 30.3 Å². The summed E-state index contributed by atoms with van der Waals surface area (Å²) < 4.78 is 17.9. The summed E-state index contributed by atoms with van der Waals surface area (Å²) in [5.41, 5.74) is 3.18. The van der Waals surface area contributed by atoms with Crippen LogP contribution in [0.15, 0.2) is 77.7 Å². The number of hydrogen-bond donors (Lipinski definition) is 3. The van der Waals surface area contributed by atoms with Crippen LogP contribution in [0.4, 0.5) is 5.69 Å². The minimum Gasteiger partial charge on any atom is -0.478 e. The van der Waals surface area contributed by atoms with Crippen LogP contribution in [0.2, 0.25) is 0 Å². The second kappa shape index (κ2) is 13.8. The fourth-order valence-corrected chi connectivity index (χ4v) is 5.56. The van der Waals surface area contributed by atoms with Crippen molar-refractivity contribution in [1.82, 2.24) is 0 Å². The summed E-state index contributed by atoms with van der Waals surface area (Å²) in [6.45, 7) is 4.75. The van der Waals surface area contributed by atoms with E-state index in [9.17, 15) is 24.6 Å². The first-order valence-electron chi connectivity index (χ1n) is 13.2. The molecule has 10 heteroatoms. The number of benzene rings is 3. The van der Waals surface area contributed by atoms with E-state index >= 15 is 0 Å². The van der Waals surface area contributed by atoms with Crippen molar-refractivity contribution in [1.29, 1.82) is 0 Å². The summed E-state index contributed by atoms with van der Waals surface area (Å²) in [6.07, 6.45) is -2.24. The molecule has 1 aliphatic heterocycles. The van der Waals surface area contributed by atoms with Gasteiger partial charge in [-0.05, 0) is 54.4 Å². The maximum absolute atomic E-state index is 12.5. The van der Waals surface area contributed by atoms with Gasteiger partial charge < -0.3 is 29.7 Å². The Kier molecular flexibility index (Phi) is 10.2. The van der Waals surface area contributed by atoms with E-state index in [2.05, 4.69) is 12.2 Å². The van der Waals surface area contributed by atoms with Crippen LogP contribution in [0.5, 0.6) is 0 Å². The smallest absolute Gasteiger partial charge is 0.335 e. The molecule has 9 nitrogen and oxygen atoms in total. The number of thioether (sulfide) groups is 1. The first kappa shape index (κ1) is 30.3. The van der Waals surface area contributed by atoms with Gasteiger partial charge in [0.15, 0.2) is 12.4 Å². The number of nitrogens with one attached hydrogen (secondary N) is 1. The average molecular weight is 580 g/mol. The minimum absolute atomic E-state index is 0.0375. The molecule has 0 aromatic heterocycles. The number of hydrogen-bond acceptors (Lipinski definition) is 8. The van der Waals surface area contributed by atoms with Crippen molar-refractivity contribution in [3.8, 4) is 0 Å². The van der Waals surface area contributed by atoms with Crippen LogP contribution in [0.3, 0.4) is 0 Å². The number of carboxylic acids is 1. The average Bonchev–Trinajstić information content (AvgIpc) is 2.96. The number of esters is 1. The van der Waals surface area contributed by atoms with Gasteiger partial charge in [0.25, 0.3) is 5.91 Å². The third kappa shape index (κ3) is 7.95. The Labute approximate surface area is 242 Å². The Balaban J connectivity index is 1.55. The zero-order valence-electron chi connectivity index (χ0n) is 23.0. The number of aromatic carboxylic acids is 1. The molecule has 0 saturated carbocycles. The lowest BCUT2D eigenvalue weighted by Crippen LogP contribution is -2.38. The van der Waals surface area contributed by atoms with E-state index in [1.54, 1.807) is 54.2 Å². The lowest BCUT2D eigenvalue weighted by atomic mass is 9.91. The molecular formula is C31H33NO8S. The number of amides is 1. The Hall–Kier alpha value is -3.70. The van der Waals surface area contributed by atoms with Crippen LogP contribution in [-0.4, -0.2) is 46.0 Å². The number of ether oxygens (including phenoxy) is 3. The van der Waals surface area contributed by atoms with Gasteiger partial charge in [0.1, 0.15) is 0 Å². The molecule has 3 aromatic carbocycles. The molecule has 3 N–H and O–H groups in total. The van der Waals surface area contributed by atoms with Gasteiger partial charge >= 0.3 is 11.9 Å². The Morgan fingerprint density at radius 3 is 2.34 bits per heavy atom. The van der Waals surface area contributed by atoms with Crippen LogP contribution in [0, 0.1) is 5.92 Å². The molecular weight excluding hydrogens is 546 g/mol. The van der Waals surface area contributed by atoms with Crippen molar-refractivity contribution >= 4 is 35.3 Å². The highest BCUT2D eigenvalue weighted by atomic mass is 32.2. The Morgan fingerprint density at radius 1 is 1.00 bits per heavy atom. The zero-order chi connectivity index (χ0) is 29.5. The highest BCUT2D eigenvalue weighted by molar-refractivity contribution is 7.99. The number of rotatable bonds is 10. The number of aliphatic hydroxyl groups is 1. The first-order chi connectivity index (χ1) is 19.6. The lowest BCUT2D eigenvalue weighted by molar-refractivity contribution is -0.268. The van der Waals surface area contributed by atoms with Crippen LogP contribution in [0.1, 0.15) is 60.2 Å². The van der Waals surface area contributed by atoms with E-state index < -0.39 is 30.2 Å². The molecule has 1 fully saturated rings. The van der Waals surface area contributed by atoms with Crippen molar-refractivity contribution in [2.45, 2.75) is 56.9 Å². The number of anilines is 1. The first-order valence-corrected chi connectivity index (χ1v) is 14.2. The molecule has 1 amide bonds. The van der Waals surface area contributed by atoms with Crippen molar-refractivity contribution in [3.63, 3.8) is 0 Å². The standard InChI is InChI=1S/C31H33NO8S/c1-18-27(17-41-26-13-11-23(12-14-26)30(36)37)39-31(40-28(18)22-9-7-21(16-33)8-10-22)24-5-4-6-25(15-24)32-29(35)19(2)38-20(3)34/h4-15,18-19,27-28,31,33H,16-17H2,1-3H3,(H,32,35)(H,36,37)/t18-,19-,27+,28+,31+/m0/s1. The van der Waals surface area contributed by atoms with Gasteiger partial charge in [0, 0.05) is 34.7 Å². The predicted molar refractivity (Wildman–Crippen MR) is 153 cm³/mol. The maximum atomic E-state index is 12.5. The molecule has 4 rings (SSSR count). The van der Waals surface area contributed by atoms with Gasteiger partial charge in [0.2, 0.25) is 0 Å². The monoisotopic (exact) mass is 579 g/mol. The fraction of sp³-hybridized carbons (Fsp3) is 0.323. The van der Waals surface area contributed by atoms with Crippen LogP contribution in [-0.2, 0) is 30.4 Å². The molecule has 0 unspecified atom stereocenters. The van der Waals surface area contributed by atoms with Crippen molar-refractivity contribution in [2.24, 2.45) is 5.92 Å². The van der Waals surface area contributed by atoms with E-state index in [4.69, 9.17) is 14.2 Å². The predicted octanol–water partition coefficient (Wildman–Crippen LogP) is 5.35. The van der Waals surface area contributed by atoms with Crippen molar-refractivity contribution in [3.05, 3.63) is 95.1 Å². The molecule has 1 aliphatic rings. The summed E-state index contributed by atoms with van der Waals surface area (Å²) in [6, 6.07) is 21.5. The number of carboxylic acid groups (broad SMARTS) is 1. The van der Waals surface area contributed by atoms with Gasteiger partial charge in [0.05, 0.1) is 24.4 Å². The highest BCUT2D eigenvalue weighted by Crippen LogP contribution is 2.43. The Bertz CT molecular complexity index is 1360. The SMILES string of the molecule is CC(=O)O[C@@H](C)C(=O)Nc1cccc([C@@H]2O[C@H](CSc3ccc(C(=O)O)cc3)[C@H](C)[C@H](c3ccc(CO)cc3)O2)c1. The normalized spacial score (nSPS) is 21.1. The number of aliphatic hydroxyl groups excluding tert-OH is 1. The van der Waals surface area contributed by atoms with E-state index in [0.29, 0.717) is 17.0 Å². The third-order valence-corrected chi connectivity index (χ3v) is 7.88. The van der Waals surface area contributed by atoms with Gasteiger partial charge in [-0.1, -0.05) is 43.3 Å². The van der Waals surface area contributed by atoms with Crippen LogP contribution >= 0.6 is 11.8 Å². The zero-order valence-corrected chi connectivity index (χ0v) is 23.8. The van der Waals surface area contributed by atoms with Gasteiger partial charge in [-0.15, -0.1) is 11.8 Å². The fourth-order valence-electron chi connectivity index (χ4n) is 4.49. The largest absolute Gasteiger partial charge is 0.478 e. The minimum atomic E-state index is -0.972. The summed E-state index contributed by atoms with van der Waals surface area (Å²) in [4.78, 5) is 35.8. The molecule has 0 spiro atoms. The molecule has 0 aliphatic carbocycles. The Morgan fingerprint density at radius 2 is 1.71 bits per heavy atom. The van der Waals surface area contributed by atoms with E-state index in [0.717, 1.165) is 16.0 Å². The molecule has 1 saturated heterocycles. The molecule has 0 bridgehead atoms. The van der Waals surface area contributed by atoms with Crippen molar-refractivity contribution < 1.29 is 38.8 Å². The summed E-state index contributed by atoms with van der Waals surface area (Å²) in [5, 5.41) is 21.4. The van der Waals surface area contributed by atoms with Crippen LogP contribution < -0.4 is 5.32 Å². The van der Waals surface area contributed by atoms with Crippen molar-refractivity contribution in [2.75, 3.05) is 11.1 Å².